The minimum Gasteiger partial charge on any atom is -0.326 e. The van der Waals surface area contributed by atoms with E-state index in [2.05, 4.69) is 10.6 Å². The summed E-state index contributed by atoms with van der Waals surface area (Å²) in [4.78, 5) is 24.8. The highest BCUT2D eigenvalue weighted by atomic mass is 35.5. The van der Waals surface area contributed by atoms with Crippen molar-refractivity contribution in [1.82, 2.24) is 0 Å². The lowest BCUT2D eigenvalue weighted by atomic mass is 10.1. The predicted octanol–water partition coefficient (Wildman–Crippen LogP) is 5.49. The van der Waals surface area contributed by atoms with Crippen LogP contribution in [0.5, 0.6) is 0 Å². The van der Waals surface area contributed by atoms with Crippen molar-refractivity contribution >= 4 is 57.7 Å². The molecule has 0 spiro atoms. The van der Waals surface area contributed by atoms with Crippen molar-refractivity contribution in [3.8, 4) is 0 Å². The van der Waals surface area contributed by atoms with E-state index in [4.69, 9.17) is 23.2 Å². The standard InChI is InChI=1S/C19H14Cl2N2O2S/c20-15-8-3-12(10-16(15)21)11-18(24)22-13-4-6-14(7-5-13)23-19(25)17-2-1-9-26-17/h1-10H,11H2,(H,22,24)(H,23,25). The lowest BCUT2D eigenvalue weighted by molar-refractivity contribution is -0.115. The van der Waals surface area contributed by atoms with Crippen LogP contribution in [0.1, 0.15) is 15.2 Å². The number of benzene rings is 2. The average Bonchev–Trinajstić information content (AvgIpc) is 3.15. The van der Waals surface area contributed by atoms with Crippen LogP contribution in [0.2, 0.25) is 10.0 Å². The molecular weight excluding hydrogens is 391 g/mol. The number of hydrogen-bond acceptors (Lipinski definition) is 3. The zero-order chi connectivity index (χ0) is 18.5. The average molecular weight is 405 g/mol. The minimum absolute atomic E-state index is 0.156. The maximum atomic E-state index is 12.1. The summed E-state index contributed by atoms with van der Waals surface area (Å²) in [6.45, 7) is 0. The molecule has 0 aliphatic heterocycles. The molecule has 0 unspecified atom stereocenters. The van der Waals surface area contributed by atoms with Gasteiger partial charge in [-0.25, -0.2) is 0 Å². The number of nitrogens with one attached hydrogen (secondary N) is 2. The molecule has 0 radical (unpaired) electrons. The second kappa shape index (κ2) is 8.36. The van der Waals surface area contributed by atoms with Crippen LogP contribution in [-0.2, 0) is 11.2 Å². The summed E-state index contributed by atoms with van der Waals surface area (Å²) in [5.41, 5.74) is 2.08. The van der Waals surface area contributed by atoms with Gasteiger partial charge in [-0.2, -0.15) is 0 Å². The first-order valence-corrected chi connectivity index (χ1v) is 9.33. The quantitative estimate of drug-likeness (QED) is 0.590. The molecule has 3 aromatic rings. The summed E-state index contributed by atoms with van der Waals surface area (Å²) < 4.78 is 0. The van der Waals surface area contributed by atoms with Crippen molar-refractivity contribution in [1.29, 1.82) is 0 Å². The Morgan fingerprint density at radius 1 is 0.885 bits per heavy atom. The van der Waals surface area contributed by atoms with E-state index in [1.165, 1.54) is 11.3 Å². The van der Waals surface area contributed by atoms with Crippen LogP contribution < -0.4 is 10.6 Å². The summed E-state index contributed by atoms with van der Waals surface area (Å²) in [7, 11) is 0. The highest BCUT2D eigenvalue weighted by molar-refractivity contribution is 7.12. The lowest BCUT2D eigenvalue weighted by Crippen LogP contribution is -2.14. The number of amides is 2. The van der Waals surface area contributed by atoms with E-state index in [9.17, 15) is 9.59 Å². The van der Waals surface area contributed by atoms with Gasteiger partial charge in [-0.05, 0) is 53.4 Å². The first kappa shape index (κ1) is 18.5. The van der Waals surface area contributed by atoms with Gasteiger partial charge in [0.05, 0.1) is 21.3 Å². The van der Waals surface area contributed by atoms with Crippen LogP contribution in [0.25, 0.3) is 0 Å². The molecule has 7 heteroatoms. The second-order valence-electron chi connectivity index (χ2n) is 5.48. The number of thiophene rings is 1. The van der Waals surface area contributed by atoms with Gasteiger partial charge in [0.1, 0.15) is 0 Å². The van der Waals surface area contributed by atoms with Gasteiger partial charge in [0.15, 0.2) is 0 Å². The highest BCUT2D eigenvalue weighted by Gasteiger charge is 2.08. The molecule has 0 aliphatic carbocycles. The third kappa shape index (κ3) is 4.85. The third-order valence-electron chi connectivity index (χ3n) is 3.52. The minimum atomic E-state index is -0.168. The third-order valence-corrected chi connectivity index (χ3v) is 5.13. The van der Waals surface area contributed by atoms with Crippen molar-refractivity contribution in [2.45, 2.75) is 6.42 Å². The first-order valence-electron chi connectivity index (χ1n) is 7.70. The predicted molar refractivity (Wildman–Crippen MR) is 108 cm³/mol. The molecule has 2 aromatic carbocycles. The Labute approximate surface area is 164 Å². The molecule has 0 aliphatic rings. The van der Waals surface area contributed by atoms with Gasteiger partial charge in [0, 0.05) is 11.4 Å². The number of carbonyl (C=O) groups is 2. The first-order chi connectivity index (χ1) is 12.5. The molecule has 26 heavy (non-hydrogen) atoms. The SMILES string of the molecule is O=C(Cc1ccc(Cl)c(Cl)c1)Nc1ccc(NC(=O)c2cccs2)cc1. The van der Waals surface area contributed by atoms with E-state index in [1.807, 2.05) is 11.4 Å². The smallest absolute Gasteiger partial charge is 0.265 e. The Balaban J connectivity index is 1.57. The fourth-order valence-corrected chi connectivity index (χ4v) is 3.22. The number of halogens is 2. The molecule has 1 aromatic heterocycles. The van der Waals surface area contributed by atoms with E-state index < -0.39 is 0 Å². The summed E-state index contributed by atoms with van der Waals surface area (Å²) in [5, 5.41) is 8.34. The van der Waals surface area contributed by atoms with Crippen LogP contribution in [-0.4, -0.2) is 11.8 Å². The molecule has 0 bridgehead atoms. The second-order valence-corrected chi connectivity index (χ2v) is 7.24. The van der Waals surface area contributed by atoms with Crippen LogP contribution >= 0.6 is 34.5 Å². The molecule has 1 heterocycles. The van der Waals surface area contributed by atoms with Crippen molar-refractivity contribution < 1.29 is 9.59 Å². The van der Waals surface area contributed by atoms with Gasteiger partial charge < -0.3 is 10.6 Å². The maximum absolute atomic E-state index is 12.1. The monoisotopic (exact) mass is 404 g/mol. The normalized spacial score (nSPS) is 10.4. The van der Waals surface area contributed by atoms with Gasteiger partial charge in [0.2, 0.25) is 5.91 Å². The zero-order valence-electron chi connectivity index (χ0n) is 13.5. The van der Waals surface area contributed by atoms with E-state index in [1.54, 1.807) is 48.5 Å². The maximum Gasteiger partial charge on any atom is 0.265 e. The van der Waals surface area contributed by atoms with Crippen molar-refractivity contribution in [3.05, 3.63) is 80.5 Å². The molecule has 0 saturated carbocycles. The molecule has 132 valence electrons. The fraction of sp³-hybridized carbons (Fsp3) is 0.0526. The van der Waals surface area contributed by atoms with Crippen LogP contribution in [0.3, 0.4) is 0 Å². The topological polar surface area (TPSA) is 58.2 Å². The molecular formula is C19H14Cl2N2O2S. The Kier molecular flexibility index (Phi) is 5.93. The molecule has 3 rings (SSSR count). The molecule has 0 fully saturated rings. The van der Waals surface area contributed by atoms with Gasteiger partial charge in [-0.1, -0.05) is 35.3 Å². The Bertz CT molecular complexity index is 925. The van der Waals surface area contributed by atoms with Crippen LogP contribution in [0, 0.1) is 0 Å². The Morgan fingerprint density at radius 2 is 1.58 bits per heavy atom. The summed E-state index contributed by atoms with van der Waals surface area (Å²) in [6, 6.07) is 15.6. The molecule has 2 N–H and O–H groups in total. The van der Waals surface area contributed by atoms with Crippen molar-refractivity contribution in [2.24, 2.45) is 0 Å². The number of carbonyl (C=O) groups excluding carboxylic acids is 2. The van der Waals surface area contributed by atoms with Crippen LogP contribution in [0.4, 0.5) is 11.4 Å². The number of hydrogen-bond donors (Lipinski definition) is 2. The van der Waals surface area contributed by atoms with E-state index in [0.29, 0.717) is 26.3 Å². The van der Waals surface area contributed by atoms with Gasteiger partial charge in [-0.15, -0.1) is 11.3 Å². The fourth-order valence-electron chi connectivity index (χ4n) is 2.28. The van der Waals surface area contributed by atoms with Gasteiger partial charge >= 0.3 is 0 Å². The van der Waals surface area contributed by atoms with Gasteiger partial charge in [-0.3, -0.25) is 9.59 Å². The molecule has 4 nitrogen and oxygen atoms in total. The van der Waals surface area contributed by atoms with Gasteiger partial charge in [0.25, 0.3) is 5.91 Å². The van der Waals surface area contributed by atoms with E-state index in [0.717, 1.165) is 5.56 Å². The summed E-state index contributed by atoms with van der Waals surface area (Å²) >= 11 is 13.2. The van der Waals surface area contributed by atoms with Crippen molar-refractivity contribution in [3.63, 3.8) is 0 Å². The van der Waals surface area contributed by atoms with Crippen LogP contribution in [0.15, 0.2) is 60.0 Å². The molecule has 0 saturated heterocycles. The largest absolute Gasteiger partial charge is 0.326 e. The van der Waals surface area contributed by atoms with E-state index >= 15 is 0 Å². The molecule has 0 atom stereocenters. The van der Waals surface area contributed by atoms with Crippen molar-refractivity contribution in [2.75, 3.05) is 10.6 Å². The summed E-state index contributed by atoms with van der Waals surface area (Å²) in [6.07, 6.45) is 0.188. The number of rotatable bonds is 5. The summed E-state index contributed by atoms with van der Waals surface area (Å²) in [5.74, 6) is -0.324. The zero-order valence-corrected chi connectivity index (χ0v) is 15.8. The Hall–Kier alpha value is -2.34. The highest BCUT2D eigenvalue weighted by Crippen LogP contribution is 2.23. The molecule has 2 amide bonds. The number of anilines is 2. The van der Waals surface area contributed by atoms with E-state index in [-0.39, 0.29) is 18.2 Å². The lowest BCUT2D eigenvalue weighted by Gasteiger charge is -2.08. The Morgan fingerprint density at radius 3 is 2.19 bits per heavy atom.